The summed E-state index contributed by atoms with van der Waals surface area (Å²) < 4.78 is 67.2. The SMILES string of the molecule is CC(C)CCC[C@@H](C)[C@H]1CCC2C3CCC4C[C@@H](OC(=O)C[C@H](NC(=O)CCOCCOCCOCCOCCOCCOCCOCCOCCNC(=O)Cn5cc(C(=O)N6CCN(C(=O)c7cn8nc(-c9ccc(F)cc9)cc(C(C)(C)C)c8n7)C(C)(C)C6)nn5)C(N)=O)CC[C@]4(C)C3CC[C@@]21C. The molecule has 0 radical (unpaired) electrons. The molecular formula is C78H120FN11O15. The summed E-state index contributed by atoms with van der Waals surface area (Å²) in [6.45, 7) is 28.7. The van der Waals surface area contributed by atoms with Gasteiger partial charge in [0.2, 0.25) is 17.7 Å². The van der Waals surface area contributed by atoms with E-state index >= 15 is 0 Å². The molecule has 105 heavy (non-hydrogen) atoms. The topological polar surface area (TPSA) is 303 Å². The van der Waals surface area contributed by atoms with Gasteiger partial charge in [-0.05, 0) is 160 Å². The Balaban J connectivity index is 0.512. The lowest BCUT2D eigenvalue weighted by Crippen LogP contribution is -2.62. The molecule has 4 N–H and O–H groups in total. The van der Waals surface area contributed by atoms with Crippen molar-refractivity contribution in [2.75, 3.05) is 132 Å². The normalized spacial score (nSPS) is 23.5. The molecule has 584 valence electrons. The minimum Gasteiger partial charge on any atom is -0.462 e. The van der Waals surface area contributed by atoms with Gasteiger partial charge in [-0.1, -0.05) is 79.9 Å². The van der Waals surface area contributed by atoms with Gasteiger partial charge in [0.1, 0.15) is 30.2 Å². The Hall–Kier alpha value is -6.59. The molecule has 0 bridgehead atoms. The predicted octanol–water partition coefficient (Wildman–Crippen LogP) is 8.83. The number of rotatable bonds is 42. The first-order valence-electron chi connectivity index (χ1n) is 38.6. The van der Waals surface area contributed by atoms with Crippen LogP contribution < -0.4 is 16.4 Å². The molecule has 5 fully saturated rings. The van der Waals surface area contributed by atoms with Crippen molar-refractivity contribution in [2.45, 2.75) is 189 Å². The average molecular weight is 1470 g/mol. The summed E-state index contributed by atoms with van der Waals surface area (Å²) in [6, 6.07) is 6.87. The number of amides is 5. The third-order valence-corrected chi connectivity index (χ3v) is 22.9. The number of imidazole rings is 1. The summed E-state index contributed by atoms with van der Waals surface area (Å²) in [7, 11) is 0. The Morgan fingerprint density at radius 2 is 1.28 bits per heavy atom. The number of fused-ring (bicyclic) bond motifs is 6. The molecule has 4 unspecified atom stereocenters. The van der Waals surface area contributed by atoms with Gasteiger partial charge in [0.25, 0.3) is 11.8 Å². The second-order valence-electron chi connectivity index (χ2n) is 32.2. The molecule has 10 atom stereocenters. The maximum atomic E-state index is 14.1. The number of nitrogens with zero attached hydrogens (tertiary/aromatic N) is 8. The third-order valence-electron chi connectivity index (χ3n) is 22.9. The summed E-state index contributed by atoms with van der Waals surface area (Å²) in [5, 5.41) is 18.2. The van der Waals surface area contributed by atoms with Gasteiger partial charge < -0.3 is 68.8 Å². The van der Waals surface area contributed by atoms with Crippen LogP contribution >= 0.6 is 0 Å². The molecule has 26 nitrogen and oxygen atoms in total. The number of carbonyl (C=O) groups excluding carboxylic acids is 6. The number of hydrogen-bond donors (Lipinski definition) is 3. The molecule has 3 aromatic heterocycles. The van der Waals surface area contributed by atoms with E-state index < -0.39 is 29.4 Å². The van der Waals surface area contributed by atoms with Gasteiger partial charge in [-0.15, -0.1) is 5.10 Å². The largest absolute Gasteiger partial charge is 0.462 e. The fraction of sp³-hybridized carbons (Fsp3) is 0.744. The van der Waals surface area contributed by atoms with Crippen molar-refractivity contribution in [3.05, 3.63) is 65.5 Å². The molecule has 1 aliphatic heterocycles. The molecule has 9 rings (SSSR count). The van der Waals surface area contributed by atoms with Crippen molar-refractivity contribution >= 4 is 41.2 Å². The van der Waals surface area contributed by atoms with Gasteiger partial charge in [0, 0.05) is 43.7 Å². The van der Waals surface area contributed by atoms with E-state index in [1.807, 2.05) is 19.9 Å². The Labute approximate surface area is 619 Å². The molecule has 4 aromatic rings. The van der Waals surface area contributed by atoms with Crippen molar-refractivity contribution in [2.24, 2.45) is 58.0 Å². The number of hydrogen-bond acceptors (Lipinski definition) is 19. The number of nitrogens with one attached hydrogen (secondary N) is 2. The van der Waals surface area contributed by atoms with Gasteiger partial charge >= 0.3 is 5.97 Å². The lowest BCUT2D eigenvalue weighted by atomic mass is 9.44. The quantitative estimate of drug-likeness (QED) is 0.0275. The Bertz CT molecular complexity index is 3460. The number of benzene rings is 1. The summed E-state index contributed by atoms with van der Waals surface area (Å²) >= 11 is 0. The zero-order chi connectivity index (χ0) is 75.3. The summed E-state index contributed by atoms with van der Waals surface area (Å²) in [4.78, 5) is 86.9. The zero-order valence-corrected chi connectivity index (χ0v) is 64.1. The maximum absolute atomic E-state index is 14.1. The first kappa shape index (κ1) is 82.5. The number of esters is 1. The number of carbonyl (C=O) groups is 6. The number of nitrogens with two attached hydrogens (primary N) is 1. The monoisotopic (exact) mass is 1470 g/mol. The van der Waals surface area contributed by atoms with Gasteiger partial charge in [-0.25, -0.2) is 18.6 Å². The fourth-order valence-corrected chi connectivity index (χ4v) is 17.4. The molecule has 5 amide bonds. The van der Waals surface area contributed by atoms with Gasteiger partial charge in [-0.2, -0.15) is 5.10 Å². The average Bonchev–Trinajstić information content (AvgIpc) is 1.67. The van der Waals surface area contributed by atoms with E-state index in [1.54, 1.807) is 32.6 Å². The fourth-order valence-electron chi connectivity index (χ4n) is 17.4. The number of primary amides is 1. The highest BCUT2D eigenvalue weighted by atomic mass is 19.1. The third kappa shape index (κ3) is 23.0. The van der Waals surface area contributed by atoms with E-state index in [0.717, 1.165) is 65.9 Å². The van der Waals surface area contributed by atoms with E-state index in [1.165, 1.54) is 80.8 Å². The molecule has 27 heteroatoms. The van der Waals surface area contributed by atoms with Crippen LogP contribution in [0, 0.1) is 58.1 Å². The summed E-state index contributed by atoms with van der Waals surface area (Å²) in [5.74, 6) is 2.22. The van der Waals surface area contributed by atoms with Crippen LogP contribution in [-0.4, -0.2) is 224 Å². The molecule has 1 aromatic carbocycles. The highest BCUT2D eigenvalue weighted by Gasteiger charge is 2.61. The lowest BCUT2D eigenvalue weighted by Gasteiger charge is -2.61. The van der Waals surface area contributed by atoms with Crippen LogP contribution in [0.5, 0.6) is 0 Å². The summed E-state index contributed by atoms with van der Waals surface area (Å²) in [5.41, 5.74) is 8.32. The van der Waals surface area contributed by atoms with Gasteiger partial charge in [0.05, 0.1) is 136 Å². The van der Waals surface area contributed by atoms with Crippen LogP contribution in [-0.2, 0) is 73.8 Å². The second-order valence-corrected chi connectivity index (χ2v) is 32.2. The molecule has 4 saturated carbocycles. The van der Waals surface area contributed by atoms with Crippen LogP contribution in [0.2, 0.25) is 0 Å². The van der Waals surface area contributed by atoms with Crippen molar-refractivity contribution in [3.8, 4) is 11.3 Å². The van der Waals surface area contributed by atoms with E-state index in [4.69, 9.17) is 58.4 Å². The Morgan fingerprint density at radius 1 is 0.676 bits per heavy atom. The Morgan fingerprint density at radius 3 is 1.88 bits per heavy atom. The predicted molar refractivity (Wildman–Crippen MR) is 391 cm³/mol. The van der Waals surface area contributed by atoms with E-state index in [0.29, 0.717) is 109 Å². The van der Waals surface area contributed by atoms with E-state index in [9.17, 15) is 33.2 Å². The maximum Gasteiger partial charge on any atom is 0.308 e. The minimum absolute atomic E-state index is 0.00648. The first-order valence-corrected chi connectivity index (χ1v) is 38.6. The highest BCUT2D eigenvalue weighted by molar-refractivity contribution is 5.95. The van der Waals surface area contributed by atoms with Gasteiger partial charge in [0.15, 0.2) is 11.3 Å². The molecular weight excluding hydrogens is 1350 g/mol. The standard InChI is InChI=1S/C78H120FN11O15/c1-53(2)12-11-13-54(3)60-20-21-61-59-19-16-56-46-58(22-25-77(56,9)62(59)23-26-78(60,61)10)105-70(93)48-65(71(80)94)82-68(91)24-30-97-32-34-99-36-38-101-40-42-103-44-45-104-43-41-102-39-37-100-35-33-98-31-27-81-69(92)51-88-49-67(84-86-88)73(95)87-28-29-89(76(7,8)52-87)74(96)66-50-90-72(83-66)63(75(4,5)6)47-64(85-90)55-14-17-57(79)18-15-55/h14-15,17-18,47,49-50,53-54,56,58-62,65H,11-13,16,19-46,48,51-52H2,1-10H3,(H2,80,94)(H,81,92)(H,82,91)/t54-,56?,58+,59?,60-,61?,62?,65+,77+,78-/m1/s1. The van der Waals surface area contributed by atoms with Crippen LogP contribution in [0.15, 0.2) is 42.7 Å². The van der Waals surface area contributed by atoms with Crippen LogP contribution in [0.4, 0.5) is 4.39 Å². The molecule has 4 aliphatic carbocycles. The van der Waals surface area contributed by atoms with Crippen LogP contribution in [0.25, 0.3) is 16.9 Å². The number of aromatic nitrogens is 6. The van der Waals surface area contributed by atoms with E-state index in [2.05, 4.69) is 76.3 Å². The van der Waals surface area contributed by atoms with E-state index in [-0.39, 0.29) is 117 Å². The zero-order valence-electron chi connectivity index (χ0n) is 64.1. The first-order chi connectivity index (χ1) is 50.2. The van der Waals surface area contributed by atoms with Crippen LogP contribution in [0.1, 0.15) is 186 Å². The lowest BCUT2D eigenvalue weighted by molar-refractivity contribution is -0.163. The Kier molecular flexibility index (Phi) is 30.6. The number of ether oxygens (including phenoxy) is 9. The van der Waals surface area contributed by atoms with Crippen molar-refractivity contribution < 1.29 is 75.8 Å². The molecule has 5 aliphatic rings. The molecule has 1 saturated heterocycles. The van der Waals surface area contributed by atoms with Gasteiger partial charge in [-0.3, -0.25) is 28.8 Å². The molecule has 4 heterocycles. The molecule has 0 spiro atoms. The minimum atomic E-state index is -1.16. The number of piperazine rings is 1. The van der Waals surface area contributed by atoms with Crippen molar-refractivity contribution in [3.63, 3.8) is 0 Å². The smallest absolute Gasteiger partial charge is 0.308 e. The number of halogens is 1. The second kappa shape index (κ2) is 39.0. The summed E-state index contributed by atoms with van der Waals surface area (Å²) in [6.07, 6.45) is 17.2. The van der Waals surface area contributed by atoms with Crippen molar-refractivity contribution in [1.29, 1.82) is 0 Å². The highest BCUT2D eigenvalue weighted by Crippen LogP contribution is 2.68. The van der Waals surface area contributed by atoms with Crippen molar-refractivity contribution in [1.82, 2.24) is 50.0 Å². The van der Waals surface area contributed by atoms with Crippen LogP contribution in [0.3, 0.4) is 0 Å².